The first kappa shape index (κ1) is 23.5. The molecule has 7 heteroatoms. The van der Waals surface area contributed by atoms with E-state index in [1.165, 1.54) is 0 Å². The van der Waals surface area contributed by atoms with E-state index in [-0.39, 0.29) is 23.0 Å². The second-order valence-electron chi connectivity index (χ2n) is 9.06. The molecule has 0 aromatic heterocycles. The molecule has 1 saturated heterocycles. The minimum absolute atomic E-state index is 0.0381. The second-order valence-corrected chi connectivity index (χ2v) is 12.5. The Morgan fingerprint density at radius 2 is 1.89 bits per heavy atom. The largest absolute Gasteiger partial charge is 0.549 e. The Morgan fingerprint density at radius 3 is 2.50 bits per heavy atom. The number of Topliss-reactive ketones (excluding diaryl/α,β-unsaturated/α-hetero) is 1. The van der Waals surface area contributed by atoms with Crippen LogP contribution in [0.2, 0.25) is 13.1 Å². The number of unbranched alkanes of at least 4 members (excludes halogenated alkanes) is 2. The Bertz CT molecular complexity index is 579. The van der Waals surface area contributed by atoms with Gasteiger partial charge in [0.05, 0.1) is 18.1 Å². The topological polar surface area (TPSA) is 55.8 Å². The molecule has 1 heterocycles. The molecule has 2 aliphatic rings. The highest BCUT2D eigenvalue weighted by molar-refractivity contribution is 8.04. The van der Waals surface area contributed by atoms with Crippen LogP contribution in [-0.4, -0.2) is 57.7 Å². The molecule has 5 nitrogen and oxygen atoms in total. The van der Waals surface area contributed by atoms with Crippen molar-refractivity contribution < 1.29 is 18.8 Å². The van der Waals surface area contributed by atoms with E-state index in [0.29, 0.717) is 26.1 Å². The van der Waals surface area contributed by atoms with Gasteiger partial charge in [0.15, 0.2) is 5.78 Å². The van der Waals surface area contributed by atoms with E-state index < -0.39 is 9.04 Å². The molecule has 28 heavy (non-hydrogen) atoms. The van der Waals surface area contributed by atoms with Crippen molar-refractivity contribution in [1.29, 1.82) is 0 Å². The summed E-state index contributed by atoms with van der Waals surface area (Å²) in [5, 5.41) is 0. The van der Waals surface area contributed by atoms with Crippen LogP contribution in [0.4, 0.5) is 0 Å². The van der Waals surface area contributed by atoms with Crippen molar-refractivity contribution in [2.24, 2.45) is 11.3 Å². The average Bonchev–Trinajstić information content (AvgIpc) is 2.94. The van der Waals surface area contributed by atoms with Gasteiger partial charge < -0.3 is 14.1 Å². The highest BCUT2D eigenvalue weighted by atomic mass is 32.2. The van der Waals surface area contributed by atoms with Gasteiger partial charge in [0.25, 0.3) is 0 Å². The molecule has 1 unspecified atom stereocenters. The van der Waals surface area contributed by atoms with Crippen molar-refractivity contribution >= 4 is 32.5 Å². The van der Waals surface area contributed by atoms with Crippen LogP contribution < -0.4 is 0 Å². The third kappa shape index (κ3) is 6.92. The molecular weight excluding hydrogens is 390 g/mol. The molecule has 1 aliphatic heterocycles. The van der Waals surface area contributed by atoms with Crippen LogP contribution in [0.3, 0.4) is 0 Å². The van der Waals surface area contributed by atoms with Crippen molar-refractivity contribution in [2.45, 2.75) is 66.0 Å². The number of nitrogens with zero attached hydrogens (tertiary/aromatic N) is 1. The number of ketones is 1. The van der Waals surface area contributed by atoms with Gasteiger partial charge in [0.1, 0.15) is 5.76 Å². The molecule has 0 N–H and O–H groups in total. The number of hydrogen-bond donors (Lipinski definition) is 0. The quantitative estimate of drug-likeness (QED) is 0.411. The molecule has 2 rings (SSSR count). The number of morpholine rings is 1. The van der Waals surface area contributed by atoms with Gasteiger partial charge in [-0.05, 0) is 37.1 Å². The summed E-state index contributed by atoms with van der Waals surface area (Å²) in [6.07, 6.45) is 4.14. The minimum atomic E-state index is -1.25. The summed E-state index contributed by atoms with van der Waals surface area (Å²) in [5.74, 6) is 2.57. The average molecular weight is 428 g/mol. The van der Waals surface area contributed by atoms with Crippen molar-refractivity contribution in [3.8, 4) is 0 Å². The molecule has 0 spiro atoms. The zero-order chi connectivity index (χ0) is 20.7. The number of ether oxygens (including phenoxy) is 1. The van der Waals surface area contributed by atoms with Crippen LogP contribution in [0.1, 0.15) is 52.9 Å². The third-order valence-electron chi connectivity index (χ3n) is 5.24. The number of thioether (sulfide) groups is 1. The molecule has 0 aromatic carbocycles. The lowest BCUT2D eigenvalue weighted by Gasteiger charge is -2.30. The van der Waals surface area contributed by atoms with E-state index >= 15 is 0 Å². The Kier molecular flexibility index (Phi) is 9.09. The lowest BCUT2D eigenvalue weighted by Crippen LogP contribution is -2.40. The van der Waals surface area contributed by atoms with Gasteiger partial charge in [-0.15, -0.1) is 11.8 Å². The normalized spacial score (nSPS) is 21.0. The fourth-order valence-corrected chi connectivity index (χ4v) is 5.61. The van der Waals surface area contributed by atoms with Gasteiger partial charge in [-0.3, -0.25) is 9.59 Å². The first-order valence-corrected chi connectivity index (χ1v) is 14.4. The summed E-state index contributed by atoms with van der Waals surface area (Å²) in [6.45, 7) is 13.6. The van der Waals surface area contributed by atoms with Crippen molar-refractivity contribution in [1.82, 2.24) is 4.90 Å². The molecule has 0 saturated carbocycles. The van der Waals surface area contributed by atoms with Crippen molar-refractivity contribution in [2.75, 3.05) is 32.1 Å². The summed E-state index contributed by atoms with van der Waals surface area (Å²) >= 11 is 1.66. The lowest BCUT2D eigenvalue weighted by molar-refractivity contribution is -0.135. The zero-order valence-electron chi connectivity index (χ0n) is 18.2. The standard InChI is InChI=1S/C21H37NO4SSi/c1-21(2,3)16-15-17(23)20(19(16)26-28(4)5)27-14-8-6-7-9-18(24)22-10-12-25-13-11-22/h16,28H,6-15H2,1-5H3. The SMILES string of the molecule is C[SiH](C)OC1=C(SCCCCCC(=O)N2CCOCC2)C(=O)CC1C(C)(C)C. The van der Waals surface area contributed by atoms with Gasteiger partial charge in [0, 0.05) is 31.8 Å². The summed E-state index contributed by atoms with van der Waals surface area (Å²) in [6, 6.07) is 0. The molecule has 0 bridgehead atoms. The van der Waals surface area contributed by atoms with Crippen molar-refractivity contribution in [3.05, 3.63) is 10.7 Å². The third-order valence-corrected chi connectivity index (χ3v) is 7.17. The Labute approximate surface area is 176 Å². The predicted molar refractivity (Wildman–Crippen MR) is 118 cm³/mol. The predicted octanol–water partition coefficient (Wildman–Crippen LogP) is 3.99. The Balaban J connectivity index is 1.77. The summed E-state index contributed by atoms with van der Waals surface area (Å²) < 4.78 is 11.5. The molecule has 1 aliphatic carbocycles. The van der Waals surface area contributed by atoms with Crippen molar-refractivity contribution in [3.63, 3.8) is 0 Å². The fraction of sp³-hybridized carbons (Fsp3) is 0.810. The first-order chi connectivity index (χ1) is 13.2. The number of allylic oxidation sites excluding steroid dienone is 2. The van der Waals surface area contributed by atoms with Crippen LogP contribution in [0.25, 0.3) is 0 Å². The van der Waals surface area contributed by atoms with Crippen LogP contribution in [-0.2, 0) is 18.8 Å². The smallest absolute Gasteiger partial charge is 0.229 e. The second kappa shape index (κ2) is 10.8. The monoisotopic (exact) mass is 427 g/mol. The number of carbonyl (C=O) groups excluding carboxylic acids is 2. The van der Waals surface area contributed by atoms with Crippen LogP contribution in [0.15, 0.2) is 10.7 Å². The highest BCUT2D eigenvalue weighted by Gasteiger charge is 2.40. The van der Waals surface area contributed by atoms with Crippen LogP contribution in [0, 0.1) is 11.3 Å². The number of carbonyl (C=O) groups is 2. The number of amides is 1. The highest BCUT2D eigenvalue weighted by Crippen LogP contribution is 2.45. The Hall–Kier alpha value is -0.793. The molecule has 0 radical (unpaired) electrons. The van der Waals surface area contributed by atoms with Crippen LogP contribution >= 0.6 is 11.8 Å². The summed E-state index contributed by atoms with van der Waals surface area (Å²) in [4.78, 5) is 27.5. The molecule has 0 aromatic rings. The van der Waals surface area contributed by atoms with Gasteiger partial charge in [0.2, 0.25) is 14.9 Å². The maximum Gasteiger partial charge on any atom is 0.229 e. The maximum absolute atomic E-state index is 12.6. The summed E-state index contributed by atoms with van der Waals surface area (Å²) in [7, 11) is -1.25. The van der Waals surface area contributed by atoms with E-state index in [0.717, 1.165) is 48.8 Å². The minimum Gasteiger partial charge on any atom is -0.549 e. The van der Waals surface area contributed by atoms with E-state index in [2.05, 4.69) is 33.9 Å². The molecule has 160 valence electrons. The number of rotatable bonds is 9. The number of hydrogen-bond acceptors (Lipinski definition) is 5. The zero-order valence-corrected chi connectivity index (χ0v) is 20.2. The van der Waals surface area contributed by atoms with Gasteiger partial charge >= 0.3 is 0 Å². The van der Waals surface area contributed by atoms with E-state index in [4.69, 9.17) is 9.16 Å². The van der Waals surface area contributed by atoms with E-state index in [1.807, 2.05) is 4.90 Å². The van der Waals surface area contributed by atoms with Crippen LogP contribution in [0.5, 0.6) is 0 Å². The van der Waals surface area contributed by atoms with Gasteiger partial charge in [-0.2, -0.15) is 0 Å². The van der Waals surface area contributed by atoms with E-state index in [1.54, 1.807) is 11.8 Å². The molecule has 1 fully saturated rings. The molecular formula is C21H37NO4SSi. The molecule has 1 atom stereocenters. The molecule has 1 amide bonds. The van der Waals surface area contributed by atoms with E-state index in [9.17, 15) is 9.59 Å². The Morgan fingerprint density at radius 1 is 1.21 bits per heavy atom. The lowest BCUT2D eigenvalue weighted by atomic mass is 9.79. The first-order valence-electron chi connectivity index (χ1n) is 10.6. The fourth-order valence-electron chi connectivity index (χ4n) is 3.61. The van der Waals surface area contributed by atoms with Gasteiger partial charge in [-0.1, -0.05) is 27.2 Å². The summed E-state index contributed by atoms with van der Waals surface area (Å²) in [5.41, 5.74) is 0.0381. The maximum atomic E-state index is 12.6. The van der Waals surface area contributed by atoms with Gasteiger partial charge in [-0.25, -0.2) is 0 Å².